The Morgan fingerprint density at radius 2 is 2.10 bits per heavy atom. The highest BCUT2D eigenvalue weighted by atomic mass is 32.2. The maximum absolute atomic E-state index is 11.5. The zero-order valence-corrected chi connectivity index (χ0v) is 12.8. The number of nitrogens with two attached hydrogens (primary N) is 1. The van der Waals surface area contributed by atoms with Crippen LogP contribution in [0.3, 0.4) is 0 Å². The van der Waals surface area contributed by atoms with Crippen LogP contribution in [0.2, 0.25) is 0 Å². The van der Waals surface area contributed by atoms with E-state index >= 15 is 0 Å². The molecule has 1 unspecified atom stereocenters. The van der Waals surface area contributed by atoms with E-state index in [9.17, 15) is 18.5 Å². The summed E-state index contributed by atoms with van der Waals surface area (Å²) < 4.78 is 23.0. The minimum absolute atomic E-state index is 0.0689. The largest absolute Gasteiger partial charge is 0.373 e. The molecule has 1 aromatic rings. The van der Waals surface area contributed by atoms with Crippen LogP contribution in [0.4, 0.5) is 11.4 Å². The maximum atomic E-state index is 11.5. The van der Waals surface area contributed by atoms with Crippen LogP contribution in [0.15, 0.2) is 23.1 Å². The van der Waals surface area contributed by atoms with Crippen molar-refractivity contribution in [1.29, 1.82) is 0 Å². The van der Waals surface area contributed by atoms with Gasteiger partial charge in [0.1, 0.15) is 5.69 Å². The second-order valence-electron chi connectivity index (χ2n) is 5.73. The molecule has 0 saturated heterocycles. The first-order valence-electron chi connectivity index (χ1n) is 6.64. The zero-order valence-electron chi connectivity index (χ0n) is 12.0. The Bertz CT molecular complexity index is 670. The Kier molecular flexibility index (Phi) is 3.94. The number of hydrogen-bond donors (Lipinski definition) is 2. The first kappa shape index (κ1) is 15.7. The summed E-state index contributed by atoms with van der Waals surface area (Å²) in [5.74, 6) is 0.386. The number of nitro groups is 1. The van der Waals surface area contributed by atoms with Gasteiger partial charge in [0.25, 0.3) is 5.69 Å². The van der Waals surface area contributed by atoms with Crippen molar-refractivity contribution in [3.8, 4) is 0 Å². The number of hydrogen-bond acceptors (Lipinski definition) is 6. The van der Waals surface area contributed by atoms with E-state index in [0.29, 0.717) is 18.2 Å². The van der Waals surface area contributed by atoms with Crippen LogP contribution in [0.25, 0.3) is 0 Å². The molecule has 0 aliphatic heterocycles. The lowest BCUT2D eigenvalue weighted by Gasteiger charge is -2.30. The van der Waals surface area contributed by atoms with E-state index in [4.69, 9.17) is 5.73 Å². The maximum Gasteiger partial charge on any atom is 0.293 e. The lowest BCUT2D eigenvalue weighted by Crippen LogP contribution is -2.44. The van der Waals surface area contributed by atoms with Crippen LogP contribution >= 0.6 is 0 Å². The quantitative estimate of drug-likeness (QED) is 0.608. The predicted molar refractivity (Wildman–Crippen MR) is 80.0 cm³/mol. The fourth-order valence-electron chi connectivity index (χ4n) is 2.35. The Morgan fingerprint density at radius 1 is 1.48 bits per heavy atom. The molecular formula is C13H19N3O4S. The molecule has 116 valence electrons. The van der Waals surface area contributed by atoms with Crippen molar-refractivity contribution in [3.05, 3.63) is 28.3 Å². The van der Waals surface area contributed by atoms with Crippen LogP contribution in [0.5, 0.6) is 0 Å². The normalized spacial score (nSPS) is 18.0. The smallest absolute Gasteiger partial charge is 0.293 e. The molecule has 0 amide bonds. The number of nitrogens with zero attached hydrogens (tertiary/aromatic N) is 1. The standard InChI is InChI=1S/C13H19N3O4S/c1-13(8-14,9-3-4-9)15-11-6-5-10(21(2,19)20)7-12(11)16(17)18/h5-7,9,15H,3-4,8,14H2,1-2H3. The molecule has 1 saturated carbocycles. The number of sulfone groups is 1. The van der Waals surface area contributed by atoms with Gasteiger partial charge in [0.05, 0.1) is 9.82 Å². The van der Waals surface area contributed by atoms with Crippen LogP contribution in [0.1, 0.15) is 19.8 Å². The molecule has 1 atom stereocenters. The van der Waals surface area contributed by atoms with Crippen molar-refractivity contribution in [2.24, 2.45) is 11.7 Å². The third-order valence-electron chi connectivity index (χ3n) is 3.92. The Labute approximate surface area is 123 Å². The van der Waals surface area contributed by atoms with Gasteiger partial charge >= 0.3 is 0 Å². The van der Waals surface area contributed by atoms with Crippen LogP contribution < -0.4 is 11.1 Å². The highest BCUT2D eigenvalue weighted by Gasteiger charge is 2.41. The van der Waals surface area contributed by atoms with Gasteiger partial charge in [-0.1, -0.05) is 0 Å². The summed E-state index contributed by atoms with van der Waals surface area (Å²) in [7, 11) is -3.49. The molecule has 8 heteroatoms. The molecule has 2 rings (SSSR count). The van der Waals surface area contributed by atoms with Gasteiger partial charge < -0.3 is 11.1 Å². The summed E-state index contributed by atoms with van der Waals surface area (Å²) in [6, 6.07) is 3.89. The van der Waals surface area contributed by atoms with E-state index < -0.39 is 20.3 Å². The topological polar surface area (TPSA) is 115 Å². The molecule has 1 aliphatic rings. The van der Waals surface area contributed by atoms with Gasteiger partial charge in [-0.2, -0.15) is 0 Å². The van der Waals surface area contributed by atoms with Gasteiger partial charge in [-0.25, -0.2) is 8.42 Å². The summed E-state index contributed by atoms with van der Waals surface area (Å²) in [4.78, 5) is 10.5. The molecule has 0 spiro atoms. The van der Waals surface area contributed by atoms with Crippen LogP contribution in [-0.2, 0) is 9.84 Å². The molecule has 3 N–H and O–H groups in total. The van der Waals surface area contributed by atoms with Crippen molar-refractivity contribution >= 4 is 21.2 Å². The van der Waals surface area contributed by atoms with Crippen molar-refractivity contribution < 1.29 is 13.3 Å². The molecular weight excluding hydrogens is 294 g/mol. The van der Waals surface area contributed by atoms with Gasteiger partial charge in [0.2, 0.25) is 0 Å². The summed E-state index contributed by atoms with van der Waals surface area (Å²) in [5.41, 5.74) is 5.42. The summed E-state index contributed by atoms with van der Waals surface area (Å²) >= 11 is 0. The second-order valence-corrected chi connectivity index (χ2v) is 7.74. The first-order valence-corrected chi connectivity index (χ1v) is 8.53. The van der Waals surface area contributed by atoms with Gasteiger partial charge in [0.15, 0.2) is 9.84 Å². The number of rotatable bonds is 6. The highest BCUT2D eigenvalue weighted by Crippen LogP contribution is 2.42. The first-order chi connectivity index (χ1) is 9.67. The molecule has 1 aromatic carbocycles. The van der Waals surface area contributed by atoms with E-state index in [-0.39, 0.29) is 10.6 Å². The number of nitrogens with one attached hydrogen (secondary N) is 1. The Balaban J connectivity index is 2.42. The number of anilines is 1. The van der Waals surface area contributed by atoms with Crippen LogP contribution in [-0.4, -0.2) is 31.7 Å². The lowest BCUT2D eigenvalue weighted by atomic mass is 9.95. The Hall–Kier alpha value is -1.67. The summed E-state index contributed by atoms with van der Waals surface area (Å²) in [6.45, 7) is 2.28. The van der Waals surface area contributed by atoms with Gasteiger partial charge in [-0.15, -0.1) is 0 Å². The molecule has 0 heterocycles. The van der Waals surface area contributed by atoms with Crippen molar-refractivity contribution in [2.45, 2.75) is 30.2 Å². The number of nitro benzene ring substituents is 1. The van der Waals surface area contributed by atoms with E-state index in [1.807, 2.05) is 6.92 Å². The Morgan fingerprint density at radius 3 is 2.52 bits per heavy atom. The minimum Gasteiger partial charge on any atom is -0.373 e. The third kappa shape index (κ3) is 3.33. The minimum atomic E-state index is -3.49. The van der Waals surface area contributed by atoms with Crippen molar-refractivity contribution in [2.75, 3.05) is 18.1 Å². The molecule has 0 aromatic heterocycles. The average Bonchev–Trinajstić information content (AvgIpc) is 3.22. The SMILES string of the molecule is CC(CN)(Nc1ccc(S(C)(=O)=O)cc1[N+](=O)[O-])C1CC1. The van der Waals surface area contributed by atoms with Crippen molar-refractivity contribution in [1.82, 2.24) is 0 Å². The lowest BCUT2D eigenvalue weighted by molar-refractivity contribution is -0.384. The molecule has 7 nitrogen and oxygen atoms in total. The monoisotopic (exact) mass is 313 g/mol. The molecule has 1 aliphatic carbocycles. The van der Waals surface area contributed by atoms with Gasteiger partial charge in [0, 0.05) is 24.4 Å². The fourth-order valence-corrected chi connectivity index (χ4v) is 2.99. The van der Waals surface area contributed by atoms with Gasteiger partial charge in [-0.3, -0.25) is 10.1 Å². The fraction of sp³-hybridized carbons (Fsp3) is 0.538. The van der Waals surface area contributed by atoms with E-state index in [2.05, 4.69) is 5.32 Å². The van der Waals surface area contributed by atoms with Gasteiger partial charge in [-0.05, 0) is 37.8 Å². The molecule has 1 fully saturated rings. The number of benzene rings is 1. The van der Waals surface area contributed by atoms with E-state index in [1.165, 1.54) is 12.1 Å². The van der Waals surface area contributed by atoms with E-state index in [0.717, 1.165) is 25.2 Å². The molecule has 0 radical (unpaired) electrons. The third-order valence-corrected chi connectivity index (χ3v) is 5.03. The van der Waals surface area contributed by atoms with Crippen molar-refractivity contribution in [3.63, 3.8) is 0 Å². The highest BCUT2D eigenvalue weighted by molar-refractivity contribution is 7.90. The zero-order chi connectivity index (χ0) is 15.8. The van der Waals surface area contributed by atoms with E-state index in [1.54, 1.807) is 0 Å². The average molecular weight is 313 g/mol. The molecule has 21 heavy (non-hydrogen) atoms. The second kappa shape index (κ2) is 5.27. The predicted octanol–water partition coefficient (Wildman–Crippen LogP) is 1.54. The summed E-state index contributed by atoms with van der Waals surface area (Å²) in [6.07, 6.45) is 3.10. The van der Waals surface area contributed by atoms with Crippen LogP contribution in [0, 0.1) is 16.0 Å². The summed E-state index contributed by atoms with van der Waals surface area (Å²) in [5, 5.41) is 14.3. The molecule has 0 bridgehead atoms.